The molecule has 0 bridgehead atoms. The Morgan fingerprint density at radius 1 is 1.12 bits per heavy atom. The van der Waals surface area contributed by atoms with Crippen molar-refractivity contribution in [2.24, 2.45) is 5.73 Å². The summed E-state index contributed by atoms with van der Waals surface area (Å²) in [4.78, 5) is 23.7. The molecule has 0 atom stereocenters. The summed E-state index contributed by atoms with van der Waals surface area (Å²) in [5.41, 5.74) is 8.09. The summed E-state index contributed by atoms with van der Waals surface area (Å²) in [7, 11) is 0. The van der Waals surface area contributed by atoms with Gasteiger partial charge in [0, 0.05) is 23.1 Å². The number of benzene rings is 2. The first-order valence-electron chi connectivity index (χ1n) is 7.95. The molecule has 25 heavy (non-hydrogen) atoms. The number of amides is 2. The smallest absolute Gasteiger partial charge is 0.265 e. The number of fused-ring (bicyclic) bond motifs is 1. The monoisotopic (exact) mass is 339 g/mol. The van der Waals surface area contributed by atoms with E-state index in [1.54, 1.807) is 30.3 Å². The summed E-state index contributed by atoms with van der Waals surface area (Å²) in [5.74, 6) is -1.02. The molecule has 3 rings (SSSR count). The van der Waals surface area contributed by atoms with Crippen LogP contribution in [0.1, 0.15) is 23.0 Å². The topological polar surface area (TPSA) is 77.1 Å². The van der Waals surface area contributed by atoms with Crippen LogP contribution in [0.4, 0.5) is 10.1 Å². The molecule has 2 amide bonds. The lowest BCUT2D eigenvalue weighted by Crippen LogP contribution is -2.16. The molecule has 128 valence electrons. The Bertz CT molecular complexity index is 945. The Morgan fingerprint density at radius 2 is 1.84 bits per heavy atom. The molecule has 0 spiro atoms. The van der Waals surface area contributed by atoms with Gasteiger partial charge in [0.05, 0.1) is 6.42 Å². The summed E-state index contributed by atoms with van der Waals surface area (Å²) >= 11 is 0. The van der Waals surface area contributed by atoms with Crippen molar-refractivity contribution in [2.75, 3.05) is 5.32 Å². The predicted molar refractivity (Wildman–Crippen MR) is 94.9 cm³/mol. The third kappa shape index (κ3) is 3.52. The summed E-state index contributed by atoms with van der Waals surface area (Å²) < 4.78 is 14.7. The van der Waals surface area contributed by atoms with Crippen molar-refractivity contribution in [2.45, 2.75) is 19.9 Å². The van der Waals surface area contributed by atoms with Gasteiger partial charge in [-0.3, -0.25) is 9.59 Å². The maximum atomic E-state index is 12.9. The van der Waals surface area contributed by atoms with Gasteiger partial charge in [-0.2, -0.15) is 0 Å². The molecule has 0 saturated carbocycles. The predicted octanol–water partition coefficient (Wildman–Crippen LogP) is 3.08. The number of hydrogen-bond acceptors (Lipinski definition) is 2. The van der Waals surface area contributed by atoms with Crippen molar-refractivity contribution in [1.82, 2.24) is 4.57 Å². The maximum Gasteiger partial charge on any atom is 0.265 e. The van der Waals surface area contributed by atoms with E-state index in [9.17, 15) is 14.0 Å². The van der Waals surface area contributed by atoms with Crippen LogP contribution in [-0.2, 0) is 17.8 Å². The van der Waals surface area contributed by atoms with Crippen LogP contribution < -0.4 is 11.1 Å². The molecule has 0 aliphatic heterocycles. The number of carbonyl (C=O) groups is 2. The zero-order valence-electron chi connectivity index (χ0n) is 13.8. The molecular formula is C19H18FN3O2. The number of aromatic nitrogens is 1. The summed E-state index contributed by atoms with van der Waals surface area (Å²) in [6.07, 6.45) is 0.154. The van der Waals surface area contributed by atoms with Crippen LogP contribution in [0.15, 0.2) is 48.5 Å². The first-order valence-corrected chi connectivity index (χ1v) is 7.95. The highest BCUT2D eigenvalue weighted by atomic mass is 19.1. The van der Waals surface area contributed by atoms with E-state index in [1.165, 1.54) is 12.1 Å². The Kier molecular flexibility index (Phi) is 4.52. The third-order valence-corrected chi connectivity index (χ3v) is 4.03. The first kappa shape index (κ1) is 16.7. The highest BCUT2D eigenvalue weighted by Crippen LogP contribution is 2.23. The number of rotatable bonds is 5. The van der Waals surface area contributed by atoms with Crippen molar-refractivity contribution in [3.05, 3.63) is 65.6 Å². The van der Waals surface area contributed by atoms with E-state index in [0.29, 0.717) is 17.9 Å². The average Bonchev–Trinajstić information content (AvgIpc) is 2.95. The van der Waals surface area contributed by atoms with Crippen molar-refractivity contribution < 1.29 is 14.0 Å². The van der Waals surface area contributed by atoms with E-state index in [1.807, 2.05) is 17.6 Å². The second-order valence-electron chi connectivity index (χ2n) is 5.76. The van der Waals surface area contributed by atoms with Crippen molar-refractivity contribution in [3.8, 4) is 0 Å². The van der Waals surface area contributed by atoms with E-state index in [-0.39, 0.29) is 18.1 Å². The minimum absolute atomic E-state index is 0.154. The third-order valence-electron chi connectivity index (χ3n) is 4.03. The SMILES string of the molecule is CCn1c(C(N)=O)cc2cc(NC(=O)Cc3ccc(F)cc3)ccc21. The molecule has 0 fully saturated rings. The van der Waals surface area contributed by atoms with Crippen LogP contribution >= 0.6 is 0 Å². The number of primary amides is 1. The fourth-order valence-corrected chi connectivity index (χ4v) is 2.89. The van der Waals surface area contributed by atoms with Crippen LogP contribution in [0.5, 0.6) is 0 Å². The molecule has 0 aliphatic rings. The second kappa shape index (κ2) is 6.76. The molecule has 0 radical (unpaired) electrons. The van der Waals surface area contributed by atoms with E-state index >= 15 is 0 Å². The fourth-order valence-electron chi connectivity index (χ4n) is 2.89. The number of nitrogens with one attached hydrogen (secondary N) is 1. The van der Waals surface area contributed by atoms with Crippen molar-refractivity contribution in [3.63, 3.8) is 0 Å². The lowest BCUT2D eigenvalue weighted by molar-refractivity contribution is -0.115. The average molecular weight is 339 g/mol. The summed E-state index contributed by atoms with van der Waals surface area (Å²) in [6, 6.07) is 13.0. The Hall–Kier alpha value is -3.15. The standard InChI is InChI=1S/C19H18FN3O2/c1-2-23-16-8-7-15(10-13(16)11-17(23)19(21)25)22-18(24)9-12-3-5-14(20)6-4-12/h3-8,10-11H,2,9H2,1H3,(H2,21,25)(H,22,24). The number of aryl methyl sites for hydroxylation is 1. The van der Waals surface area contributed by atoms with Gasteiger partial charge in [-0.15, -0.1) is 0 Å². The van der Waals surface area contributed by atoms with Gasteiger partial charge in [-0.25, -0.2) is 4.39 Å². The van der Waals surface area contributed by atoms with E-state index < -0.39 is 5.91 Å². The van der Waals surface area contributed by atoms with Crippen LogP contribution in [-0.4, -0.2) is 16.4 Å². The van der Waals surface area contributed by atoms with Crippen LogP contribution in [0, 0.1) is 5.82 Å². The molecule has 3 N–H and O–H groups in total. The number of nitrogens with two attached hydrogens (primary N) is 1. The van der Waals surface area contributed by atoms with E-state index in [2.05, 4.69) is 5.32 Å². The normalized spacial score (nSPS) is 10.8. The Morgan fingerprint density at radius 3 is 2.48 bits per heavy atom. The van der Waals surface area contributed by atoms with Gasteiger partial charge in [-0.05, 0) is 48.9 Å². The van der Waals surface area contributed by atoms with E-state index in [0.717, 1.165) is 16.5 Å². The van der Waals surface area contributed by atoms with Crippen LogP contribution in [0.25, 0.3) is 10.9 Å². The number of carbonyl (C=O) groups excluding carboxylic acids is 2. The van der Waals surface area contributed by atoms with Crippen molar-refractivity contribution in [1.29, 1.82) is 0 Å². The highest BCUT2D eigenvalue weighted by Gasteiger charge is 2.13. The summed E-state index contributed by atoms with van der Waals surface area (Å²) in [6.45, 7) is 2.56. The highest BCUT2D eigenvalue weighted by molar-refractivity contribution is 6.00. The lowest BCUT2D eigenvalue weighted by Gasteiger charge is -2.07. The van der Waals surface area contributed by atoms with Crippen LogP contribution in [0.3, 0.4) is 0 Å². The van der Waals surface area contributed by atoms with Gasteiger partial charge in [0.2, 0.25) is 5.91 Å². The van der Waals surface area contributed by atoms with Crippen LogP contribution in [0.2, 0.25) is 0 Å². The molecular weight excluding hydrogens is 321 g/mol. The van der Waals surface area contributed by atoms with Gasteiger partial charge < -0.3 is 15.6 Å². The quantitative estimate of drug-likeness (QED) is 0.749. The molecule has 1 aromatic heterocycles. The fraction of sp³-hybridized carbons (Fsp3) is 0.158. The minimum atomic E-state index is -0.486. The lowest BCUT2D eigenvalue weighted by atomic mass is 10.1. The van der Waals surface area contributed by atoms with Gasteiger partial charge >= 0.3 is 0 Å². The maximum absolute atomic E-state index is 12.9. The van der Waals surface area contributed by atoms with Crippen molar-refractivity contribution >= 4 is 28.4 Å². The second-order valence-corrected chi connectivity index (χ2v) is 5.76. The first-order chi connectivity index (χ1) is 12.0. The van der Waals surface area contributed by atoms with Gasteiger partial charge in [0.1, 0.15) is 11.5 Å². The molecule has 0 aliphatic carbocycles. The minimum Gasteiger partial charge on any atom is -0.364 e. The molecule has 6 heteroatoms. The molecule has 2 aromatic carbocycles. The van der Waals surface area contributed by atoms with Gasteiger partial charge in [0.25, 0.3) is 5.91 Å². The Labute approximate surface area is 144 Å². The molecule has 3 aromatic rings. The number of nitrogens with zero attached hydrogens (tertiary/aromatic N) is 1. The molecule has 5 nitrogen and oxygen atoms in total. The largest absolute Gasteiger partial charge is 0.364 e. The molecule has 0 saturated heterocycles. The zero-order valence-corrected chi connectivity index (χ0v) is 13.8. The molecule has 0 unspecified atom stereocenters. The molecule has 1 heterocycles. The summed E-state index contributed by atoms with van der Waals surface area (Å²) in [5, 5.41) is 3.64. The Balaban J connectivity index is 1.80. The van der Waals surface area contributed by atoms with Gasteiger partial charge in [0.15, 0.2) is 0 Å². The van der Waals surface area contributed by atoms with E-state index in [4.69, 9.17) is 5.73 Å². The zero-order chi connectivity index (χ0) is 18.0. The van der Waals surface area contributed by atoms with Gasteiger partial charge in [-0.1, -0.05) is 12.1 Å². The number of hydrogen-bond donors (Lipinski definition) is 2. The number of anilines is 1. The number of halogens is 1.